The Balaban J connectivity index is 1.27. The standard InChI is InChI=1S/C22H29FN2O2/c23-19-8-4-15(5-9-19)14-18-2-1-3-20(18)24-21(26)16-10-12-25(13-11-16)22(27)17-6-7-17/h4-5,8-9,16-18,20H,1-3,6-7,10-14H2,(H,24,26)/t18-,20-/m1/s1. The average Bonchev–Trinajstić information content (AvgIpc) is 3.45. The van der Waals surface area contributed by atoms with Crippen LogP contribution in [0, 0.1) is 23.6 Å². The molecule has 0 spiro atoms. The van der Waals surface area contributed by atoms with Gasteiger partial charge in [0.1, 0.15) is 5.82 Å². The maximum Gasteiger partial charge on any atom is 0.225 e. The van der Waals surface area contributed by atoms with E-state index < -0.39 is 0 Å². The van der Waals surface area contributed by atoms with E-state index in [1.54, 1.807) is 0 Å². The first-order valence-electron chi connectivity index (χ1n) is 10.4. The summed E-state index contributed by atoms with van der Waals surface area (Å²) < 4.78 is 13.1. The van der Waals surface area contributed by atoms with E-state index in [1.165, 1.54) is 12.1 Å². The Kier molecular flexibility index (Phi) is 5.46. The molecule has 1 aromatic carbocycles. The molecule has 1 heterocycles. The van der Waals surface area contributed by atoms with Crippen LogP contribution in [0.1, 0.15) is 50.5 Å². The molecule has 146 valence electrons. The van der Waals surface area contributed by atoms with E-state index in [2.05, 4.69) is 5.32 Å². The molecule has 4 nitrogen and oxygen atoms in total. The van der Waals surface area contributed by atoms with Crippen LogP contribution in [0.2, 0.25) is 0 Å². The summed E-state index contributed by atoms with van der Waals surface area (Å²) in [6.07, 6.45) is 7.78. The van der Waals surface area contributed by atoms with Crippen LogP contribution < -0.4 is 5.32 Å². The first kappa shape index (κ1) is 18.5. The number of nitrogens with zero attached hydrogens (tertiary/aromatic N) is 1. The number of amides is 2. The Labute approximate surface area is 160 Å². The summed E-state index contributed by atoms with van der Waals surface area (Å²) in [6.45, 7) is 1.44. The van der Waals surface area contributed by atoms with Crippen LogP contribution in [0.3, 0.4) is 0 Å². The van der Waals surface area contributed by atoms with Crippen molar-refractivity contribution in [2.75, 3.05) is 13.1 Å². The highest BCUT2D eigenvalue weighted by molar-refractivity contribution is 5.82. The lowest BCUT2D eigenvalue weighted by molar-refractivity contribution is -0.136. The summed E-state index contributed by atoms with van der Waals surface area (Å²) in [5, 5.41) is 3.29. The third-order valence-corrected chi connectivity index (χ3v) is 6.50. The monoisotopic (exact) mass is 372 g/mol. The summed E-state index contributed by atoms with van der Waals surface area (Å²) in [5.41, 5.74) is 1.13. The zero-order valence-corrected chi connectivity index (χ0v) is 15.8. The maximum absolute atomic E-state index is 13.1. The number of carbonyl (C=O) groups is 2. The number of rotatable bonds is 5. The van der Waals surface area contributed by atoms with E-state index in [4.69, 9.17) is 0 Å². The van der Waals surface area contributed by atoms with Gasteiger partial charge in [0.25, 0.3) is 0 Å². The van der Waals surface area contributed by atoms with Crippen molar-refractivity contribution in [1.82, 2.24) is 10.2 Å². The van der Waals surface area contributed by atoms with Gasteiger partial charge in [-0.15, -0.1) is 0 Å². The Morgan fingerprint density at radius 3 is 2.33 bits per heavy atom. The van der Waals surface area contributed by atoms with Gasteiger partial charge in [-0.1, -0.05) is 18.6 Å². The zero-order valence-electron chi connectivity index (χ0n) is 15.8. The summed E-state index contributed by atoms with van der Waals surface area (Å²) in [6, 6.07) is 6.93. The van der Waals surface area contributed by atoms with Crippen molar-refractivity contribution in [3.63, 3.8) is 0 Å². The molecule has 0 unspecified atom stereocenters. The number of halogens is 1. The summed E-state index contributed by atoms with van der Waals surface area (Å²) >= 11 is 0. The molecule has 5 heteroatoms. The number of hydrogen-bond donors (Lipinski definition) is 1. The molecule has 1 N–H and O–H groups in total. The fourth-order valence-electron chi connectivity index (χ4n) is 4.65. The molecule has 1 aliphatic heterocycles. The van der Waals surface area contributed by atoms with Gasteiger partial charge >= 0.3 is 0 Å². The van der Waals surface area contributed by atoms with Gasteiger partial charge in [0.2, 0.25) is 11.8 Å². The van der Waals surface area contributed by atoms with Gasteiger partial charge in [0, 0.05) is 31.0 Å². The van der Waals surface area contributed by atoms with Crippen LogP contribution in [0.25, 0.3) is 0 Å². The van der Waals surface area contributed by atoms with Crippen LogP contribution in [0.15, 0.2) is 24.3 Å². The molecule has 4 rings (SSSR count). The second kappa shape index (κ2) is 7.99. The second-order valence-electron chi connectivity index (χ2n) is 8.51. The minimum Gasteiger partial charge on any atom is -0.353 e. The topological polar surface area (TPSA) is 49.4 Å². The minimum atomic E-state index is -0.207. The molecule has 0 bridgehead atoms. The smallest absolute Gasteiger partial charge is 0.225 e. The number of hydrogen-bond acceptors (Lipinski definition) is 2. The predicted molar refractivity (Wildman–Crippen MR) is 101 cm³/mol. The van der Waals surface area contributed by atoms with Crippen LogP contribution in [-0.2, 0) is 16.0 Å². The maximum atomic E-state index is 13.1. The molecule has 1 saturated heterocycles. The second-order valence-corrected chi connectivity index (χ2v) is 8.51. The van der Waals surface area contributed by atoms with Crippen molar-refractivity contribution in [2.45, 2.75) is 57.4 Å². The first-order chi connectivity index (χ1) is 13.1. The molecule has 1 aromatic rings. The lowest BCUT2D eigenvalue weighted by Gasteiger charge is -2.32. The van der Waals surface area contributed by atoms with Crippen LogP contribution >= 0.6 is 0 Å². The molecule has 2 atom stereocenters. The molecule has 3 fully saturated rings. The van der Waals surface area contributed by atoms with E-state index >= 15 is 0 Å². The molecule has 0 radical (unpaired) electrons. The molecule has 2 amide bonds. The van der Waals surface area contributed by atoms with E-state index in [1.807, 2.05) is 17.0 Å². The van der Waals surface area contributed by atoms with Crippen molar-refractivity contribution in [1.29, 1.82) is 0 Å². The lowest BCUT2D eigenvalue weighted by atomic mass is 9.92. The number of likely N-dealkylation sites (tertiary alicyclic amines) is 1. The van der Waals surface area contributed by atoms with Crippen molar-refractivity contribution in [2.24, 2.45) is 17.8 Å². The Hall–Kier alpha value is -1.91. The van der Waals surface area contributed by atoms with Crippen molar-refractivity contribution in [3.05, 3.63) is 35.6 Å². The fraction of sp³-hybridized carbons (Fsp3) is 0.636. The lowest BCUT2D eigenvalue weighted by Crippen LogP contribution is -2.46. The van der Waals surface area contributed by atoms with Crippen molar-refractivity contribution < 1.29 is 14.0 Å². The molecular formula is C22H29FN2O2. The van der Waals surface area contributed by atoms with Gasteiger partial charge < -0.3 is 10.2 Å². The van der Waals surface area contributed by atoms with Crippen LogP contribution in [0.4, 0.5) is 4.39 Å². The predicted octanol–water partition coefficient (Wildman–Crippen LogP) is 3.30. The third-order valence-electron chi connectivity index (χ3n) is 6.50. The Bertz CT molecular complexity index is 678. The van der Waals surface area contributed by atoms with Crippen molar-refractivity contribution >= 4 is 11.8 Å². The normalized spacial score (nSPS) is 26.2. The molecule has 2 aliphatic carbocycles. The fourth-order valence-corrected chi connectivity index (χ4v) is 4.65. The van der Waals surface area contributed by atoms with Crippen LogP contribution in [-0.4, -0.2) is 35.8 Å². The van der Waals surface area contributed by atoms with Crippen molar-refractivity contribution in [3.8, 4) is 0 Å². The van der Waals surface area contributed by atoms with E-state index in [-0.39, 0.29) is 29.6 Å². The molecule has 0 aromatic heterocycles. The summed E-state index contributed by atoms with van der Waals surface area (Å²) in [7, 11) is 0. The Morgan fingerprint density at radius 1 is 0.963 bits per heavy atom. The summed E-state index contributed by atoms with van der Waals surface area (Å²) in [5.74, 6) is 0.965. The number of nitrogens with one attached hydrogen (secondary N) is 1. The quantitative estimate of drug-likeness (QED) is 0.862. The summed E-state index contributed by atoms with van der Waals surface area (Å²) in [4.78, 5) is 26.9. The van der Waals surface area contributed by atoms with Gasteiger partial charge in [-0.3, -0.25) is 9.59 Å². The van der Waals surface area contributed by atoms with Gasteiger partial charge in [-0.25, -0.2) is 4.39 Å². The van der Waals surface area contributed by atoms with Gasteiger partial charge in [-0.2, -0.15) is 0 Å². The van der Waals surface area contributed by atoms with E-state index in [9.17, 15) is 14.0 Å². The largest absolute Gasteiger partial charge is 0.353 e. The number of carbonyl (C=O) groups excluding carboxylic acids is 2. The Morgan fingerprint density at radius 2 is 1.67 bits per heavy atom. The zero-order chi connectivity index (χ0) is 18.8. The van der Waals surface area contributed by atoms with Gasteiger partial charge in [0.05, 0.1) is 0 Å². The first-order valence-corrected chi connectivity index (χ1v) is 10.4. The number of benzene rings is 1. The third kappa shape index (κ3) is 4.50. The average molecular weight is 372 g/mol. The SMILES string of the molecule is O=C(N[C@@H]1CCC[C@@H]1Cc1ccc(F)cc1)C1CCN(C(=O)C2CC2)CC1. The van der Waals surface area contributed by atoms with E-state index in [0.717, 1.165) is 70.0 Å². The highest BCUT2D eigenvalue weighted by Crippen LogP contribution is 2.33. The van der Waals surface area contributed by atoms with Gasteiger partial charge in [0.15, 0.2) is 0 Å². The van der Waals surface area contributed by atoms with Crippen LogP contribution in [0.5, 0.6) is 0 Å². The molecule has 2 saturated carbocycles. The highest BCUT2D eigenvalue weighted by atomic mass is 19.1. The molecule has 27 heavy (non-hydrogen) atoms. The minimum absolute atomic E-state index is 0.0281. The number of piperidine rings is 1. The van der Waals surface area contributed by atoms with Gasteiger partial charge in [-0.05, 0) is 68.6 Å². The van der Waals surface area contributed by atoms with E-state index in [0.29, 0.717) is 11.8 Å². The molecular weight excluding hydrogens is 343 g/mol. The molecule has 3 aliphatic rings. The highest BCUT2D eigenvalue weighted by Gasteiger charge is 2.37.